The second-order valence-electron chi connectivity index (χ2n) is 7.43. The van der Waals surface area contributed by atoms with Crippen molar-refractivity contribution >= 4 is 11.7 Å². The Hall–Kier alpha value is -2.51. The number of likely N-dealkylation sites (N-methyl/N-ethyl adjacent to an activating group) is 2. The van der Waals surface area contributed by atoms with Crippen LogP contribution in [-0.2, 0) is 11.3 Å². The Morgan fingerprint density at radius 3 is 2.71 bits per heavy atom. The Morgan fingerprint density at radius 1 is 1.29 bits per heavy atom. The summed E-state index contributed by atoms with van der Waals surface area (Å²) in [6.45, 7) is 5.00. The van der Waals surface area contributed by atoms with Gasteiger partial charge in [-0.15, -0.1) is 0 Å². The minimum atomic E-state index is -0.243. The van der Waals surface area contributed by atoms with Crippen molar-refractivity contribution in [1.82, 2.24) is 24.7 Å². The van der Waals surface area contributed by atoms with Gasteiger partial charge in [-0.1, -0.05) is 37.3 Å². The lowest BCUT2D eigenvalue weighted by Gasteiger charge is -2.31. The maximum Gasteiger partial charge on any atom is 0.244 e. The summed E-state index contributed by atoms with van der Waals surface area (Å²) < 4.78 is 0. The highest BCUT2D eigenvalue weighted by atomic mass is 16.2. The molecule has 0 radical (unpaired) electrons. The lowest BCUT2D eigenvalue weighted by atomic mass is 10.0. The largest absolute Gasteiger partial charge is 0.384 e. The normalized spacial score (nSPS) is 18.0. The number of anilines is 1. The molecule has 3 rings (SSSR count). The van der Waals surface area contributed by atoms with Crippen LogP contribution in [0.25, 0.3) is 0 Å². The van der Waals surface area contributed by atoms with Crippen LogP contribution >= 0.6 is 0 Å². The standard InChI is InChI=1S/C21H30N6O/c1-4-25(2)20(16-8-6-5-7-9-16)21(28)27-13-11-17(14-27)26(3)15-19-23-12-10-18(22)24-19/h5-10,12,17,20H,4,11,13-15H2,1-3H3,(H2,22,23,24)/t17-,20+/m0/s1. The molecule has 28 heavy (non-hydrogen) atoms. The molecule has 2 heterocycles. The van der Waals surface area contributed by atoms with Gasteiger partial charge in [0.15, 0.2) is 0 Å². The molecule has 0 aliphatic carbocycles. The molecule has 1 saturated heterocycles. The van der Waals surface area contributed by atoms with Crippen LogP contribution in [0.2, 0.25) is 0 Å². The van der Waals surface area contributed by atoms with Crippen LogP contribution in [0.15, 0.2) is 42.6 Å². The summed E-state index contributed by atoms with van der Waals surface area (Å²) >= 11 is 0. The van der Waals surface area contributed by atoms with Crippen molar-refractivity contribution in [3.8, 4) is 0 Å². The molecule has 2 atom stereocenters. The first kappa shape index (κ1) is 20.2. The summed E-state index contributed by atoms with van der Waals surface area (Å²) in [6, 6.07) is 11.8. The van der Waals surface area contributed by atoms with Gasteiger partial charge in [-0.2, -0.15) is 0 Å². The van der Waals surface area contributed by atoms with Crippen molar-refractivity contribution < 1.29 is 4.79 Å². The number of nitrogen functional groups attached to an aromatic ring is 1. The fourth-order valence-corrected chi connectivity index (χ4v) is 3.72. The van der Waals surface area contributed by atoms with Gasteiger partial charge in [0.05, 0.1) is 6.54 Å². The van der Waals surface area contributed by atoms with E-state index in [9.17, 15) is 4.79 Å². The Balaban J connectivity index is 1.66. The Bertz CT molecular complexity index is 783. The SMILES string of the molecule is CCN(C)[C@@H](C(=O)N1CC[C@H](N(C)Cc2nccc(N)n2)C1)c1ccccc1. The number of nitrogens with zero attached hydrogens (tertiary/aromatic N) is 5. The van der Waals surface area contributed by atoms with E-state index in [2.05, 4.69) is 33.7 Å². The third kappa shape index (κ3) is 4.66. The van der Waals surface area contributed by atoms with Gasteiger partial charge in [0, 0.05) is 25.3 Å². The van der Waals surface area contributed by atoms with Crippen molar-refractivity contribution in [2.24, 2.45) is 0 Å². The summed E-state index contributed by atoms with van der Waals surface area (Å²) in [7, 11) is 4.06. The van der Waals surface area contributed by atoms with Gasteiger partial charge in [-0.25, -0.2) is 9.97 Å². The number of hydrogen-bond donors (Lipinski definition) is 1. The van der Waals surface area contributed by atoms with Crippen LogP contribution in [0.5, 0.6) is 0 Å². The van der Waals surface area contributed by atoms with E-state index < -0.39 is 0 Å². The highest BCUT2D eigenvalue weighted by Gasteiger charge is 2.34. The van der Waals surface area contributed by atoms with E-state index in [1.54, 1.807) is 12.3 Å². The number of amides is 1. The molecule has 7 nitrogen and oxygen atoms in total. The average Bonchev–Trinajstić information content (AvgIpc) is 3.19. The summed E-state index contributed by atoms with van der Waals surface area (Å²) in [5.41, 5.74) is 6.80. The molecule has 1 amide bonds. The number of rotatable bonds is 7. The minimum Gasteiger partial charge on any atom is -0.384 e. The molecule has 1 aromatic heterocycles. The first-order valence-corrected chi connectivity index (χ1v) is 9.81. The van der Waals surface area contributed by atoms with E-state index in [1.165, 1.54) is 0 Å². The predicted octanol–water partition coefficient (Wildman–Crippen LogP) is 1.78. The van der Waals surface area contributed by atoms with Gasteiger partial charge in [0.25, 0.3) is 0 Å². The molecule has 1 aromatic carbocycles. The number of carbonyl (C=O) groups is 1. The lowest BCUT2D eigenvalue weighted by Crippen LogP contribution is -2.42. The molecular formula is C21H30N6O. The van der Waals surface area contributed by atoms with Crippen LogP contribution in [0.3, 0.4) is 0 Å². The van der Waals surface area contributed by atoms with Gasteiger partial charge in [-0.05, 0) is 38.7 Å². The molecule has 0 unspecified atom stereocenters. The van der Waals surface area contributed by atoms with Crippen LogP contribution in [-0.4, -0.2) is 70.3 Å². The zero-order valence-corrected chi connectivity index (χ0v) is 17.0. The third-order valence-corrected chi connectivity index (χ3v) is 5.51. The molecule has 150 valence electrons. The molecule has 1 aliphatic rings. The first-order chi connectivity index (χ1) is 13.5. The monoisotopic (exact) mass is 382 g/mol. The highest BCUT2D eigenvalue weighted by Crippen LogP contribution is 2.25. The van der Waals surface area contributed by atoms with E-state index in [0.29, 0.717) is 18.2 Å². The van der Waals surface area contributed by atoms with E-state index in [4.69, 9.17) is 5.73 Å². The van der Waals surface area contributed by atoms with E-state index in [-0.39, 0.29) is 18.0 Å². The van der Waals surface area contributed by atoms with Crippen LogP contribution < -0.4 is 5.73 Å². The molecule has 0 saturated carbocycles. The number of carbonyl (C=O) groups excluding carboxylic acids is 1. The number of nitrogens with two attached hydrogens (primary N) is 1. The first-order valence-electron chi connectivity index (χ1n) is 9.81. The third-order valence-electron chi connectivity index (χ3n) is 5.51. The number of hydrogen-bond acceptors (Lipinski definition) is 6. The minimum absolute atomic E-state index is 0.173. The van der Waals surface area contributed by atoms with Gasteiger partial charge in [0.2, 0.25) is 5.91 Å². The van der Waals surface area contributed by atoms with Crippen LogP contribution in [0.1, 0.15) is 30.8 Å². The average molecular weight is 383 g/mol. The smallest absolute Gasteiger partial charge is 0.244 e. The fraction of sp³-hybridized carbons (Fsp3) is 0.476. The quantitative estimate of drug-likeness (QED) is 0.787. The number of benzene rings is 1. The van der Waals surface area contributed by atoms with Crippen molar-refractivity contribution in [3.63, 3.8) is 0 Å². The molecule has 1 aliphatic heterocycles. The second-order valence-corrected chi connectivity index (χ2v) is 7.43. The van der Waals surface area contributed by atoms with Gasteiger partial charge >= 0.3 is 0 Å². The van der Waals surface area contributed by atoms with Gasteiger partial charge < -0.3 is 10.6 Å². The van der Waals surface area contributed by atoms with E-state index in [1.807, 2.05) is 42.3 Å². The van der Waals surface area contributed by atoms with Gasteiger partial charge in [0.1, 0.15) is 17.7 Å². The summed E-state index contributed by atoms with van der Waals surface area (Å²) in [5, 5.41) is 0. The van der Waals surface area contributed by atoms with Crippen LogP contribution in [0, 0.1) is 0 Å². The maximum atomic E-state index is 13.3. The molecule has 0 bridgehead atoms. The molecular weight excluding hydrogens is 352 g/mol. The zero-order valence-electron chi connectivity index (χ0n) is 17.0. The lowest BCUT2D eigenvalue weighted by molar-refractivity contribution is -0.135. The zero-order chi connectivity index (χ0) is 20.1. The summed E-state index contributed by atoms with van der Waals surface area (Å²) in [6.07, 6.45) is 2.63. The molecule has 2 N–H and O–H groups in total. The molecule has 7 heteroatoms. The fourth-order valence-electron chi connectivity index (χ4n) is 3.72. The Kier molecular flexibility index (Phi) is 6.59. The topological polar surface area (TPSA) is 78.6 Å². The van der Waals surface area contributed by atoms with Crippen molar-refractivity contribution in [3.05, 3.63) is 54.0 Å². The molecule has 0 spiro atoms. The summed E-state index contributed by atoms with van der Waals surface area (Å²) in [4.78, 5) is 28.2. The Labute approximate surface area is 167 Å². The van der Waals surface area contributed by atoms with Crippen molar-refractivity contribution in [2.45, 2.75) is 32.0 Å². The van der Waals surface area contributed by atoms with E-state index in [0.717, 1.165) is 31.6 Å². The predicted molar refractivity (Wildman–Crippen MR) is 110 cm³/mol. The second kappa shape index (κ2) is 9.12. The van der Waals surface area contributed by atoms with Crippen molar-refractivity contribution in [2.75, 3.05) is 39.5 Å². The molecule has 2 aromatic rings. The van der Waals surface area contributed by atoms with E-state index >= 15 is 0 Å². The van der Waals surface area contributed by atoms with Gasteiger partial charge in [-0.3, -0.25) is 14.6 Å². The van der Waals surface area contributed by atoms with Crippen molar-refractivity contribution in [1.29, 1.82) is 0 Å². The number of likely N-dealkylation sites (tertiary alicyclic amines) is 1. The number of aromatic nitrogens is 2. The maximum absolute atomic E-state index is 13.3. The Morgan fingerprint density at radius 2 is 2.04 bits per heavy atom. The summed E-state index contributed by atoms with van der Waals surface area (Å²) in [5.74, 6) is 1.36. The van der Waals surface area contributed by atoms with Crippen LogP contribution in [0.4, 0.5) is 5.82 Å². The highest BCUT2D eigenvalue weighted by molar-refractivity contribution is 5.83. The molecule has 1 fully saturated rings.